The van der Waals surface area contributed by atoms with Crippen molar-refractivity contribution in [2.24, 2.45) is 17.8 Å². The Bertz CT molecular complexity index is 2160. The Morgan fingerprint density at radius 2 is 1.32 bits per heavy atom. The fourth-order valence-corrected chi connectivity index (χ4v) is 9.18. The molecule has 50 heavy (non-hydrogen) atoms. The molecule has 2 saturated heterocycles. The van der Waals surface area contributed by atoms with E-state index in [1.165, 1.54) is 18.2 Å². The van der Waals surface area contributed by atoms with E-state index in [2.05, 4.69) is 0 Å². The molecule has 4 aromatic carbocycles. The van der Waals surface area contributed by atoms with Crippen LogP contribution in [0.1, 0.15) is 40.2 Å². The lowest BCUT2D eigenvalue weighted by Gasteiger charge is -2.50. The van der Waals surface area contributed by atoms with Gasteiger partial charge in [-0.15, -0.1) is 23.2 Å². The molecule has 0 bridgehead atoms. The topological polar surface area (TPSA) is 112 Å². The Hall–Kier alpha value is -5.12. The number of benzene rings is 4. The van der Waals surface area contributed by atoms with E-state index in [1.807, 2.05) is 6.07 Å². The van der Waals surface area contributed by atoms with Crippen LogP contribution in [0.15, 0.2) is 115 Å². The maximum atomic E-state index is 14.4. The highest BCUT2D eigenvalue weighted by molar-refractivity contribution is 6.58. The number of carbonyl (C=O) groups excluding carboxylic acids is 5. The van der Waals surface area contributed by atoms with Gasteiger partial charge in [-0.05, 0) is 73.4 Å². The molecule has 0 aromatic heterocycles. The monoisotopic (exact) mass is 708 g/mol. The van der Waals surface area contributed by atoms with Gasteiger partial charge in [0.2, 0.25) is 11.8 Å². The van der Waals surface area contributed by atoms with E-state index in [4.69, 9.17) is 23.2 Å². The van der Waals surface area contributed by atoms with Crippen molar-refractivity contribution in [2.75, 3.05) is 9.80 Å². The van der Waals surface area contributed by atoms with Gasteiger partial charge in [0.25, 0.3) is 11.8 Å². The predicted molar refractivity (Wildman–Crippen MR) is 184 cm³/mol. The van der Waals surface area contributed by atoms with Crippen molar-refractivity contribution < 1.29 is 33.5 Å². The molecule has 1 N–H and O–H groups in total. The minimum Gasteiger partial charge on any atom is -0.508 e. The number of phenols is 1. The van der Waals surface area contributed by atoms with Crippen LogP contribution < -0.4 is 9.80 Å². The minimum atomic E-state index is -2.15. The number of anilines is 2. The number of ketones is 1. The molecule has 8 nitrogen and oxygen atoms in total. The van der Waals surface area contributed by atoms with E-state index in [0.29, 0.717) is 16.7 Å². The maximum absolute atomic E-state index is 14.4. The highest BCUT2D eigenvalue weighted by atomic mass is 35.5. The van der Waals surface area contributed by atoms with E-state index in [-0.39, 0.29) is 41.3 Å². The number of phenolic OH excluding ortho intramolecular Hbond substituents is 1. The first kappa shape index (κ1) is 32.1. The molecular weight excluding hydrogens is 682 g/mol. The number of rotatable bonds is 5. The number of hydrogen-bond donors (Lipinski definition) is 1. The molecule has 0 spiro atoms. The summed E-state index contributed by atoms with van der Waals surface area (Å²) in [5, 5.41) is 11.1. The maximum Gasteiger partial charge on any atom is 0.258 e. The fourth-order valence-electron chi connectivity index (χ4n) is 8.25. The van der Waals surface area contributed by atoms with Crippen LogP contribution in [0.5, 0.6) is 5.75 Å². The molecule has 2 aliphatic carbocycles. The van der Waals surface area contributed by atoms with Gasteiger partial charge in [-0.3, -0.25) is 28.9 Å². The number of hydrogen-bond acceptors (Lipinski definition) is 6. The molecule has 4 aliphatic rings. The zero-order valence-electron chi connectivity index (χ0n) is 26.1. The molecular formula is C39H27Cl2FN2O6. The van der Waals surface area contributed by atoms with Gasteiger partial charge in [0.15, 0.2) is 15.5 Å². The van der Waals surface area contributed by atoms with Gasteiger partial charge >= 0.3 is 0 Å². The number of carbonyl (C=O) groups is 5. The average Bonchev–Trinajstić information content (AvgIpc) is 3.47. The number of alkyl halides is 2. The molecule has 2 heterocycles. The first-order chi connectivity index (χ1) is 24.0. The van der Waals surface area contributed by atoms with Crippen molar-refractivity contribution in [2.45, 2.75) is 28.5 Å². The summed E-state index contributed by atoms with van der Waals surface area (Å²) in [5.41, 5.74) is 1.99. The number of imide groups is 2. The van der Waals surface area contributed by atoms with E-state index in [0.717, 1.165) is 21.9 Å². The summed E-state index contributed by atoms with van der Waals surface area (Å²) < 4.78 is 13.9. The SMILES string of the molecule is O=C(c1ccccc1)c1ccc(N2C(=O)[C@H]3[C@H](CC=C4[C@H]3C[C@@]3(Cl)C(=O)N(c5ccc(F)cc5)C(=O)[C@@]3(Cl)[C@H]4c3ccccc3O)C2=O)cc1. The van der Waals surface area contributed by atoms with Crippen LogP contribution in [0.25, 0.3) is 0 Å². The van der Waals surface area contributed by atoms with Crippen molar-refractivity contribution >= 4 is 64.0 Å². The Balaban J connectivity index is 1.20. The summed E-state index contributed by atoms with van der Waals surface area (Å²) >= 11 is 14.7. The molecule has 11 heteroatoms. The van der Waals surface area contributed by atoms with Crippen molar-refractivity contribution in [3.8, 4) is 5.75 Å². The van der Waals surface area contributed by atoms with Gasteiger partial charge < -0.3 is 5.11 Å². The molecule has 0 unspecified atom stereocenters. The molecule has 1 saturated carbocycles. The van der Waals surface area contributed by atoms with Gasteiger partial charge in [-0.25, -0.2) is 9.29 Å². The van der Waals surface area contributed by atoms with Crippen LogP contribution >= 0.6 is 23.2 Å². The smallest absolute Gasteiger partial charge is 0.258 e. The molecule has 3 fully saturated rings. The fraction of sp³-hybridized carbons (Fsp3) is 0.205. The third-order valence-corrected chi connectivity index (χ3v) is 12.0. The van der Waals surface area contributed by atoms with E-state index in [9.17, 15) is 33.5 Å². The predicted octanol–water partition coefficient (Wildman–Crippen LogP) is 6.53. The molecule has 4 aromatic rings. The summed E-state index contributed by atoms with van der Waals surface area (Å²) in [5.74, 6) is -7.35. The van der Waals surface area contributed by atoms with Gasteiger partial charge in [0.05, 0.1) is 23.2 Å². The Morgan fingerprint density at radius 1 is 0.720 bits per heavy atom. The van der Waals surface area contributed by atoms with E-state index < -0.39 is 62.9 Å². The van der Waals surface area contributed by atoms with Crippen LogP contribution in [-0.2, 0) is 19.2 Å². The largest absolute Gasteiger partial charge is 0.508 e. The standard InChI is InChI=1S/C39H27Cl2FN2O6/c40-38-20-29-26(32(27-8-4-5-9-30(27)45)39(38,41)37(50)44(36(38)49)25-16-12-23(42)13-17-25)18-19-28-31(29)35(48)43(34(28)47)24-14-10-22(11-15-24)33(46)21-6-2-1-3-7-21/h1-18,28-29,31-32,45H,19-20H2/t28-,29+,31-,32+,38+,39-/m0/s1. The van der Waals surface area contributed by atoms with Crippen molar-refractivity contribution in [1.29, 1.82) is 0 Å². The van der Waals surface area contributed by atoms with Crippen LogP contribution in [0.3, 0.4) is 0 Å². The summed E-state index contributed by atoms with van der Waals surface area (Å²) in [6.45, 7) is 0. The van der Waals surface area contributed by atoms with Gasteiger partial charge in [0.1, 0.15) is 11.6 Å². The number of fused-ring (bicyclic) bond motifs is 4. The van der Waals surface area contributed by atoms with Gasteiger partial charge in [-0.2, -0.15) is 0 Å². The molecule has 0 radical (unpaired) electrons. The highest BCUT2D eigenvalue weighted by Gasteiger charge is 2.77. The third-order valence-electron chi connectivity index (χ3n) is 10.6. The zero-order chi connectivity index (χ0) is 35.1. The lowest BCUT2D eigenvalue weighted by Crippen LogP contribution is -2.60. The Morgan fingerprint density at radius 3 is 2.00 bits per heavy atom. The third kappa shape index (κ3) is 4.39. The zero-order valence-corrected chi connectivity index (χ0v) is 27.6. The van der Waals surface area contributed by atoms with Crippen molar-refractivity contribution in [3.05, 3.63) is 137 Å². The van der Waals surface area contributed by atoms with Gasteiger partial charge in [0, 0.05) is 22.6 Å². The van der Waals surface area contributed by atoms with Crippen molar-refractivity contribution in [3.63, 3.8) is 0 Å². The number of nitrogens with zero attached hydrogens (tertiary/aromatic N) is 2. The summed E-state index contributed by atoms with van der Waals surface area (Å²) in [6, 6.07) is 26.0. The van der Waals surface area contributed by atoms with Crippen LogP contribution in [0, 0.1) is 23.6 Å². The number of aromatic hydroxyl groups is 1. The number of para-hydroxylation sites is 1. The lowest BCUT2D eigenvalue weighted by molar-refractivity contribution is -0.125. The average molecular weight is 710 g/mol. The molecule has 2 aliphatic heterocycles. The molecule has 250 valence electrons. The number of amides is 4. The van der Waals surface area contributed by atoms with Crippen LogP contribution in [-0.4, -0.2) is 44.3 Å². The Labute approximate surface area is 295 Å². The number of halogens is 3. The van der Waals surface area contributed by atoms with Gasteiger partial charge in [-0.1, -0.05) is 60.2 Å². The normalized spacial score (nSPS) is 28.7. The molecule has 4 amide bonds. The first-order valence-electron chi connectivity index (χ1n) is 16.0. The first-order valence-corrected chi connectivity index (χ1v) is 16.8. The second kappa shape index (κ2) is 11.5. The quantitative estimate of drug-likeness (QED) is 0.109. The Kier molecular flexibility index (Phi) is 7.36. The molecule has 8 rings (SSSR count). The highest BCUT2D eigenvalue weighted by Crippen LogP contribution is 2.66. The molecule has 6 atom stereocenters. The lowest BCUT2D eigenvalue weighted by atomic mass is 9.56. The summed E-state index contributed by atoms with van der Waals surface area (Å²) in [7, 11) is 0. The van der Waals surface area contributed by atoms with Crippen LogP contribution in [0.2, 0.25) is 0 Å². The number of allylic oxidation sites excluding steroid dienone is 2. The second-order valence-electron chi connectivity index (χ2n) is 13.1. The second-order valence-corrected chi connectivity index (χ2v) is 14.3. The van der Waals surface area contributed by atoms with Crippen LogP contribution in [0.4, 0.5) is 15.8 Å². The van der Waals surface area contributed by atoms with E-state index in [1.54, 1.807) is 72.8 Å². The van der Waals surface area contributed by atoms with Crippen molar-refractivity contribution in [1.82, 2.24) is 0 Å². The summed E-state index contributed by atoms with van der Waals surface area (Å²) in [6.07, 6.45) is 1.66. The summed E-state index contributed by atoms with van der Waals surface area (Å²) in [4.78, 5) is 67.8. The van der Waals surface area contributed by atoms with E-state index >= 15 is 0 Å². The minimum absolute atomic E-state index is 0.0641.